The minimum absolute atomic E-state index is 0.179. The van der Waals surface area contributed by atoms with Gasteiger partial charge < -0.3 is 10.6 Å². The summed E-state index contributed by atoms with van der Waals surface area (Å²) >= 11 is 0. The van der Waals surface area contributed by atoms with Gasteiger partial charge in [0.1, 0.15) is 17.5 Å². The molecule has 1 aliphatic heterocycles. The monoisotopic (exact) mass is 348 g/mol. The first kappa shape index (κ1) is 16.7. The number of benzene rings is 1. The lowest BCUT2D eigenvalue weighted by Gasteiger charge is -2.26. The topological polar surface area (TPSA) is 102 Å². The Labute approximate surface area is 141 Å². The molecule has 0 saturated carbocycles. The summed E-state index contributed by atoms with van der Waals surface area (Å²) in [5.74, 6) is -1.88. The van der Waals surface area contributed by atoms with E-state index in [-0.39, 0.29) is 11.4 Å². The zero-order valence-corrected chi connectivity index (χ0v) is 13.0. The number of hydrogen-bond acceptors (Lipinski definition) is 5. The molecule has 2 N–H and O–H groups in total. The Morgan fingerprint density at radius 1 is 1.32 bits per heavy atom. The van der Waals surface area contributed by atoms with Crippen molar-refractivity contribution < 1.29 is 18.5 Å². The number of rotatable bonds is 4. The van der Waals surface area contributed by atoms with Crippen molar-refractivity contribution in [2.45, 2.75) is 18.9 Å². The third kappa shape index (κ3) is 3.12. The highest BCUT2D eigenvalue weighted by Crippen LogP contribution is 2.37. The first-order chi connectivity index (χ1) is 11.9. The highest BCUT2D eigenvalue weighted by atomic mass is 19.1. The lowest BCUT2D eigenvalue weighted by molar-refractivity contribution is -0.385. The smallest absolute Gasteiger partial charge is 0.300 e. The van der Waals surface area contributed by atoms with Gasteiger partial charge in [-0.25, -0.2) is 13.8 Å². The fraction of sp³-hybridized carbons (Fsp3) is 0.250. The van der Waals surface area contributed by atoms with Crippen LogP contribution in [0.4, 0.5) is 20.3 Å². The number of nitro groups is 1. The number of halogens is 2. The van der Waals surface area contributed by atoms with Crippen LogP contribution in [0, 0.1) is 21.7 Å². The Morgan fingerprint density at radius 3 is 2.76 bits per heavy atom. The number of amides is 1. The van der Waals surface area contributed by atoms with Crippen molar-refractivity contribution >= 4 is 17.4 Å². The maximum atomic E-state index is 14.1. The van der Waals surface area contributed by atoms with Gasteiger partial charge in [0.25, 0.3) is 5.91 Å². The maximum Gasteiger partial charge on any atom is 0.300 e. The Kier molecular flexibility index (Phi) is 4.30. The van der Waals surface area contributed by atoms with Crippen LogP contribution in [-0.2, 0) is 0 Å². The largest absolute Gasteiger partial charge is 0.364 e. The first-order valence-corrected chi connectivity index (χ1v) is 7.55. The second-order valence-electron chi connectivity index (χ2n) is 5.68. The molecule has 1 amide bonds. The zero-order valence-electron chi connectivity index (χ0n) is 13.0. The van der Waals surface area contributed by atoms with E-state index < -0.39 is 39.9 Å². The SMILES string of the molecule is NC(=O)c1nc(N2CCC[C@@H]2c2cc(F)ccc2F)ccc1[N+](=O)[O-]. The average molecular weight is 348 g/mol. The quantitative estimate of drug-likeness (QED) is 0.676. The number of carbonyl (C=O) groups excluding carboxylic acids is 1. The number of hydrogen-bond donors (Lipinski definition) is 1. The molecule has 1 aliphatic rings. The van der Waals surface area contributed by atoms with Crippen LogP contribution >= 0.6 is 0 Å². The molecule has 7 nitrogen and oxygen atoms in total. The van der Waals surface area contributed by atoms with Crippen molar-refractivity contribution in [3.05, 3.63) is 63.3 Å². The van der Waals surface area contributed by atoms with Gasteiger partial charge in [0.15, 0.2) is 0 Å². The minimum atomic E-state index is -1.03. The normalized spacial score (nSPS) is 16.9. The molecule has 1 fully saturated rings. The van der Waals surface area contributed by atoms with Crippen molar-refractivity contribution in [1.29, 1.82) is 0 Å². The molecule has 0 radical (unpaired) electrons. The molecule has 1 atom stereocenters. The minimum Gasteiger partial charge on any atom is -0.364 e. The first-order valence-electron chi connectivity index (χ1n) is 7.55. The fourth-order valence-electron chi connectivity index (χ4n) is 3.06. The van der Waals surface area contributed by atoms with E-state index in [2.05, 4.69) is 4.98 Å². The van der Waals surface area contributed by atoms with Crippen LogP contribution in [0.2, 0.25) is 0 Å². The number of pyridine rings is 1. The number of aromatic nitrogens is 1. The molecule has 3 rings (SSSR count). The van der Waals surface area contributed by atoms with Crippen LogP contribution in [0.3, 0.4) is 0 Å². The van der Waals surface area contributed by atoms with E-state index in [0.717, 1.165) is 24.3 Å². The van der Waals surface area contributed by atoms with Crippen LogP contribution in [0.1, 0.15) is 34.9 Å². The summed E-state index contributed by atoms with van der Waals surface area (Å²) in [6.07, 6.45) is 1.26. The summed E-state index contributed by atoms with van der Waals surface area (Å²) in [7, 11) is 0. The van der Waals surface area contributed by atoms with Gasteiger partial charge in [0.2, 0.25) is 5.69 Å². The lowest BCUT2D eigenvalue weighted by Crippen LogP contribution is -2.26. The summed E-state index contributed by atoms with van der Waals surface area (Å²) in [5, 5.41) is 11.0. The third-order valence-electron chi connectivity index (χ3n) is 4.15. The number of anilines is 1. The van der Waals surface area contributed by atoms with Crippen LogP contribution in [-0.4, -0.2) is 22.4 Å². The summed E-state index contributed by atoms with van der Waals surface area (Å²) in [4.78, 5) is 27.4. The second kappa shape index (κ2) is 6.42. The van der Waals surface area contributed by atoms with E-state index >= 15 is 0 Å². The molecule has 1 saturated heterocycles. The van der Waals surface area contributed by atoms with Crippen molar-refractivity contribution in [2.24, 2.45) is 5.73 Å². The average Bonchev–Trinajstić information content (AvgIpc) is 3.05. The van der Waals surface area contributed by atoms with Crippen LogP contribution in [0.15, 0.2) is 30.3 Å². The Morgan fingerprint density at radius 2 is 2.08 bits per heavy atom. The highest BCUT2D eigenvalue weighted by Gasteiger charge is 2.31. The molecule has 1 aromatic carbocycles. The van der Waals surface area contributed by atoms with Crippen molar-refractivity contribution in [3.63, 3.8) is 0 Å². The van der Waals surface area contributed by atoms with Crippen LogP contribution in [0.5, 0.6) is 0 Å². The molecule has 0 spiro atoms. The third-order valence-corrected chi connectivity index (χ3v) is 4.15. The fourth-order valence-corrected chi connectivity index (χ4v) is 3.06. The van der Waals surface area contributed by atoms with Gasteiger partial charge in [0, 0.05) is 18.2 Å². The Bertz CT molecular complexity index is 859. The molecule has 0 unspecified atom stereocenters. The molecular weight excluding hydrogens is 334 g/mol. The standard InChI is InChI=1S/C16H14F2N4O3/c17-9-3-4-11(18)10(8-9)12-2-1-7-21(12)14-6-5-13(22(24)25)15(20-14)16(19)23/h3-6,8,12H,1-2,7H2,(H2,19,23)/t12-/m1/s1. The summed E-state index contributed by atoms with van der Waals surface area (Å²) in [5.41, 5.74) is 4.39. The number of nitrogens with zero attached hydrogens (tertiary/aromatic N) is 3. The summed E-state index contributed by atoms with van der Waals surface area (Å²) in [6.45, 7) is 0.490. The van der Waals surface area contributed by atoms with Crippen LogP contribution in [0.25, 0.3) is 0 Å². The molecular formula is C16H14F2N4O3. The van der Waals surface area contributed by atoms with Gasteiger partial charge >= 0.3 is 5.69 Å². The van der Waals surface area contributed by atoms with E-state index in [4.69, 9.17) is 5.73 Å². The van der Waals surface area contributed by atoms with E-state index in [1.165, 1.54) is 6.07 Å². The van der Waals surface area contributed by atoms with Gasteiger partial charge in [-0.05, 0) is 37.1 Å². The van der Waals surface area contributed by atoms with E-state index in [9.17, 15) is 23.7 Å². The predicted molar refractivity (Wildman–Crippen MR) is 85.1 cm³/mol. The van der Waals surface area contributed by atoms with Crippen molar-refractivity contribution in [3.8, 4) is 0 Å². The van der Waals surface area contributed by atoms with Crippen molar-refractivity contribution in [1.82, 2.24) is 4.98 Å². The van der Waals surface area contributed by atoms with Gasteiger partial charge in [-0.3, -0.25) is 14.9 Å². The molecule has 2 aromatic rings. The molecule has 0 bridgehead atoms. The number of nitrogens with two attached hydrogens (primary N) is 1. The van der Waals surface area contributed by atoms with Gasteiger partial charge in [-0.15, -0.1) is 0 Å². The van der Waals surface area contributed by atoms with Crippen molar-refractivity contribution in [2.75, 3.05) is 11.4 Å². The Hall–Kier alpha value is -3.10. The zero-order chi connectivity index (χ0) is 18.1. The summed E-state index contributed by atoms with van der Waals surface area (Å²) in [6, 6.07) is 5.25. The van der Waals surface area contributed by atoms with Gasteiger partial charge in [-0.2, -0.15) is 0 Å². The highest BCUT2D eigenvalue weighted by molar-refractivity contribution is 5.95. The molecule has 2 heterocycles. The van der Waals surface area contributed by atoms with E-state index in [0.29, 0.717) is 19.4 Å². The van der Waals surface area contributed by atoms with E-state index in [1.807, 2.05) is 0 Å². The maximum absolute atomic E-state index is 14.1. The van der Waals surface area contributed by atoms with E-state index in [1.54, 1.807) is 4.90 Å². The number of primary amides is 1. The molecule has 9 heteroatoms. The molecule has 0 aliphatic carbocycles. The van der Waals surface area contributed by atoms with Gasteiger partial charge in [-0.1, -0.05) is 0 Å². The van der Waals surface area contributed by atoms with Crippen LogP contribution < -0.4 is 10.6 Å². The Balaban J connectivity index is 2.03. The lowest BCUT2D eigenvalue weighted by atomic mass is 10.0. The molecule has 25 heavy (non-hydrogen) atoms. The second-order valence-corrected chi connectivity index (χ2v) is 5.68. The summed E-state index contributed by atoms with van der Waals surface area (Å²) < 4.78 is 27.6. The molecule has 130 valence electrons. The number of carbonyl (C=O) groups is 1. The molecule has 1 aromatic heterocycles. The predicted octanol–water partition coefficient (Wildman–Crippen LogP) is 2.71. The van der Waals surface area contributed by atoms with Gasteiger partial charge in [0.05, 0.1) is 11.0 Å².